The number of carboxylic acids is 1. The molecule has 5 atom stereocenters. The van der Waals surface area contributed by atoms with Gasteiger partial charge in [-0.2, -0.15) is 4.31 Å². The molecule has 1 aromatic heterocycles. The highest BCUT2D eigenvalue weighted by molar-refractivity contribution is 7.89. The molecule has 1 aliphatic carbocycles. The number of amides is 2. The molecule has 3 unspecified atom stereocenters. The first-order valence-electron chi connectivity index (χ1n) is 15.6. The van der Waals surface area contributed by atoms with Gasteiger partial charge in [-0.3, -0.25) is 14.9 Å². The molecule has 45 heavy (non-hydrogen) atoms. The number of pyridine rings is 1. The van der Waals surface area contributed by atoms with E-state index in [-0.39, 0.29) is 17.5 Å². The second-order valence-electron chi connectivity index (χ2n) is 13.0. The first-order chi connectivity index (χ1) is 21.1. The number of allylic oxidation sites excluding steroid dienone is 1. The van der Waals surface area contributed by atoms with Crippen LogP contribution in [0, 0.1) is 11.3 Å². The average Bonchev–Trinajstić information content (AvgIpc) is 3.45. The summed E-state index contributed by atoms with van der Waals surface area (Å²) < 4.78 is 32.6. The Hall–Kier alpha value is -3.07. The third-order valence-electron chi connectivity index (χ3n) is 8.46. The van der Waals surface area contributed by atoms with Crippen LogP contribution in [0.15, 0.2) is 41.6 Å². The number of likely N-dealkylation sites (tertiary alicyclic amines) is 1. The van der Waals surface area contributed by atoms with Gasteiger partial charge in [-0.1, -0.05) is 58.8 Å². The number of hydrogen-bond donors (Lipinski definition) is 4. The smallest absolute Gasteiger partial charge is 0.407 e. The van der Waals surface area contributed by atoms with Gasteiger partial charge in [0.2, 0.25) is 5.91 Å². The van der Waals surface area contributed by atoms with Crippen LogP contribution in [-0.2, 0) is 24.3 Å². The number of unbranched alkanes of at least 4 members (excludes halogenated alkanes) is 3. The number of aliphatic carboxylic acids is 1. The highest BCUT2D eigenvalue weighted by atomic mass is 32.2. The van der Waals surface area contributed by atoms with E-state index < -0.39 is 63.9 Å². The van der Waals surface area contributed by atoms with Gasteiger partial charge in [0.15, 0.2) is 5.03 Å². The Morgan fingerprint density at radius 3 is 2.62 bits per heavy atom. The molecule has 2 fully saturated rings. The van der Waals surface area contributed by atoms with Gasteiger partial charge in [0.25, 0.3) is 10.0 Å². The van der Waals surface area contributed by atoms with Gasteiger partial charge in [0, 0.05) is 31.1 Å². The number of aliphatic hydroxyl groups is 1. The summed E-state index contributed by atoms with van der Waals surface area (Å²) in [5, 5.41) is 26.1. The highest BCUT2D eigenvalue weighted by Gasteiger charge is 2.60. The first kappa shape index (κ1) is 36.4. The Morgan fingerprint density at radius 1 is 1.27 bits per heavy atom. The molecule has 4 N–H and O–H groups in total. The van der Waals surface area contributed by atoms with Gasteiger partial charge in [-0.25, -0.2) is 18.2 Å². The number of hydrogen-bond acceptors (Lipinski definition) is 9. The molecule has 0 aromatic carbocycles. The molecule has 0 radical (unpaired) electrons. The predicted octanol–water partition coefficient (Wildman–Crippen LogP) is 2.72. The second kappa shape index (κ2) is 15.5. The molecular weight excluding hydrogens is 602 g/mol. The standard InChI is InChI=1S/C31H49N5O8S/c1-6-7-8-9-10-14-22-19-31(22,28(39)40)34-27(38)23-15-13-18-36(23)26(37)20-33-29(41)44-24(30(2,3)4)21-35(5)45(42,43)25-16-11-12-17-32-25/h10-12,14,16-17,22-24,27,34,38H,6-9,13,15,18-21H2,1-5H3,(H,33,41)(H,39,40)/b14-10-/t22?,23-,24?,27?,31+/m0/s1. The summed E-state index contributed by atoms with van der Waals surface area (Å²) in [7, 11) is -2.55. The van der Waals surface area contributed by atoms with E-state index in [4.69, 9.17) is 4.74 Å². The quantitative estimate of drug-likeness (QED) is 0.118. The normalized spacial score (nSPS) is 23.2. The van der Waals surface area contributed by atoms with E-state index in [0.717, 1.165) is 30.0 Å². The molecule has 252 valence electrons. The van der Waals surface area contributed by atoms with Crippen LogP contribution >= 0.6 is 0 Å². The van der Waals surface area contributed by atoms with Crippen LogP contribution in [0.1, 0.15) is 72.6 Å². The summed E-state index contributed by atoms with van der Waals surface area (Å²) in [6.07, 6.45) is 7.83. The Kier molecular flexibility index (Phi) is 12.5. The lowest BCUT2D eigenvalue weighted by molar-refractivity contribution is -0.143. The van der Waals surface area contributed by atoms with E-state index >= 15 is 0 Å². The minimum absolute atomic E-state index is 0.127. The Bertz CT molecular complexity index is 1300. The molecule has 3 rings (SSSR count). The zero-order chi connectivity index (χ0) is 33.4. The minimum atomic E-state index is -3.93. The fraction of sp³-hybridized carbons (Fsp3) is 0.677. The number of nitrogens with one attached hydrogen (secondary N) is 2. The second-order valence-corrected chi connectivity index (χ2v) is 15.0. The third-order valence-corrected chi connectivity index (χ3v) is 10.2. The van der Waals surface area contributed by atoms with Crippen LogP contribution in [0.4, 0.5) is 4.79 Å². The zero-order valence-corrected chi connectivity index (χ0v) is 27.8. The van der Waals surface area contributed by atoms with Crippen molar-refractivity contribution in [3.05, 3.63) is 36.5 Å². The number of carbonyl (C=O) groups excluding carboxylic acids is 2. The SMILES string of the molecule is CCCCC/C=C\C1C[C@]1(NC(O)[C@@H]1CCCN1C(=O)CNC(=O)OC(CN(C)S(=O)(=O)c1ccccn1)C(C)(C)C)C(=O)O. The van der Waals surface area contributed by atoms with Crippen molar-refractivity contribution >= 4 is 28.0 Å². The maximum Gasteiger partial charge on any atom is 0.407 e. The van der Waals surface area contributed by atoms with Crippen molar-refractivity contribution < 1.29 is 37.8 Å². The molecular formula is C31H49N5O8S. The molecule has 1 aromatic rings. The molecule has 14 heteroatoms. The summed E-state index contributed by atoms with van der Waals surface area (Å²) >= 11 is 0. The van der Waals surface area contributed by atoms with Crippen molar-refractivity contribution in [1.82, 2.24) is 24.8 Å². The fourth-order valence-electron chi connectivity index (χ4n) is 5.46. The van der Waals surface area contributed by atoms with Gasteiger partial charge in [-0.15, -0.1) is 0 Å². The number of alkyl carbamates (subject to hydrolysis) is 1. The molecule has 1 saturated heterocycles. The van der Waals surface area contributed by atoms with Crippen LogP contribution in [0.25, 0.3) is 0 Å². The zero-order valence-electron chi connectivity index (χ0n) is 26.9. The molecule has 0 bridgehead atoms. The Morgan fingerprint density at radius 2 is 2.00 bits per heavy atom. The lowest BCUT2D eigenvalue weighted by Crippen LogP contribution is -2.56. The number of aliphatic hydroxyl groups excluding tert-OH is 1. The molecule has 0 spiro atoms. The van der Waals surface area contributed by atoms with Gasteiger partial charge < -0.3 is 25.2 Å². The predicted molar refractivity (Wildman–Crippen MR) is 167 cm³/mol. The Labute approximate surface area is 266 Å². The lowest BCUT2D eigenvalue weighted by atomic mass is 9.89. The minimum Gasteiger partial charge on any atom is -0.480 e. The van der Waals surface area contributed by atoms with Gasteiger partial charge in [-0.05, 0) is 44.2 Å². The summed E-state index contributed by atoms with van der Waals surface area (Å²) in [5.74, 6) is -1.75. The molecule has 1 aliphatic heterocycles. The maximum atomic E-state index is 13.1. The van der Waals surface area contributed by atoms with Crippen molar-refractivity contribution in [2.45, 2.75) is 102 Å². The van der Waals surface area contributed by atoms with Crippen molar-refractivity contribution in [3.63, 3.8) is 0 Å². The number of nitrogens with zero attached hydrogens (tertiary/aromatic N) is 3. The van der Waals surface area contributed by atoms with Crippen LogP contribution in [-0.4, -0.2) is 101 Å². The summed E-state index contributed by atoms with van der Waals surface area (Å²) in [6, 6.07) is 3.90. The van der Waals surface area contributed by atoms with Crippen molar-refractivity contribution in [3.8, 4) is 0 Å². The van der Waals surface area contributed by atoms with Crippen molar-refractivity contribution in [1.29, 1.82) is 0 Å². The monoisotopic (exact) mass is 651 g/mol. The number of carboxylic acid groups (broad SMARTS) is 1. The third kappa shape index (κ3) is 9.47. The van der Waals surface area contributed by atoms with E-state index in [9.17, 15) is 33.0 Å². The maximum absolute atomic E-state index is 13.1. The molecule has 2 amide bonds. The number of ether oxygens (including phenoxy) is 1. The first-order valence-corrected chi connectivity index (χ1v) is 17.0. The highest BCUT2D eigenvalue weighted by Crippen LogP contribution is 2.45. The van der Waals surface area contributed by atoms with E-state index in [1.54, 1.807) is 32.9 Å². The van der Waals surface area contributed by atoms with E-state index in [2.05, 4.69) is 22.5 Å². The van der Waals surface area contributed by atoms with Crippen molar-refractivity contribution in [2.75, 3.05) is 26.7 Å². The Balaban J connectivity index is 1.55. The van der Waals surface area contributed by atoms with E-state index in [1.165, 1.54) is 24.2 Å². The number of likely N-dealkylation sites (N-methyl/N-ethyl adjacent to an activating group) is 1. The molecule has 2 aliphatic rings. The van der Waals surface area contributed by atoms with Crippen LogP contribution < -0.4 is 10.6 Å². The summed E-state index contributed by atoms with van der Waals surface area (Å²) in [6.45, 7) is 7.32. The van der Waals surface area contributed by atoms with Gasteiger partial charge in [0.1, 0.15) is 24.4 Å². The number of rotatable bonds is 16. The topological polar surface area (TPSA) is 178 Å². The number of carbonyl (C=O) groups is 3. The van der Waals surface area contributed by atoms with Crippen molar-refractivity contribution in [2.24, 2.45) is 11.3 Å². The number of sulfonamides is 1. The summed E-state index contributed by atoms with van der Waals surface area (Å²) in [4.78, 5) is 43.4. The van der Waals surface area contributed by atoms with Crippen LogP contribution in [0.5, 0.6) is 0 Å². The molecule has 2 heterocycles. The lowest BCUT2D eigenvalue weighted by Gasteiger charge is -2.33. The average molecular weight is 652 g/mol. The van der Waals surface area contributed by atoms with Crippen LogP contribution in [0.3, 0.4) is 0 Å². The largest absolute Gasteiger partial charge is 0.480 e. The molecule has 13 nitrogen and oxygen atoms in total. The molecule has 1 saturated carbocycles. The van der Waals surface area contributed by atoms with Gasteiger partial charge >= 0.3 is 12.1 Å². The summed E-state index contributed by atoms with van der Waals surface area (Å²) in [5.41, 5.74) is -1.92. The fourth-order valence-corrected chi connectivity index (χ4v) is 6.55. The number of aromatic nitrogens is 1. The van der Waals surface area contributed by atoms with E-state index in [0.29, 0.717) is 25.8 Å². The van der Waals surface area contributed by atoms with Crippen LogP contribution in [0.2, 0.25) is 0 Å². The van der Waals surface area contributed by atoms with E-state index in [1.807, 2.05) is 12.2 Å². The van der Waals surface area contributed by atoms with Gasteiger partial charge in [0.05, 0.1) is 12.6 Å².